The molecule has 1 heterocycles. The summed E-state index contributed by atoms with van der Waals surface area (Å²) in [5.41, 5.74) is 3.62. The van der Waals surface area contributed by atoms with Crippen LogP contribution in [0.3, 0.4) is 0 Å². The van der Waals surface area contributed by atoms with Crippen molar-refractivity contribution in [1.29, 1.82) is 0 Å². The fourth-order valence-electron chi connectivity index (χ4n) is 3.96. The third-order valence-electron chi connectivity index (χ3n) is 5.98. The Bertz CT molecular complexity index is 1420. The molecular weight excluding hydrogens is 483 g/mol. The van der Waals surface area contributed by atoms with E-state index in [4.69, 9.17) is 9.73 Å². The van der Waals surface area contributed by atoms with Crippen LogP contribution < -0.4 is 4.74 Å². The Kier molecular flexibility index (Phi) is 7.47. The minimum atomic E-state index is -0.269. The largest absolute Gasteiger partial charge is 0.489 e. The summed E-state index contributed by atoms with van der Waals surface area (Å²) in [6.07, 6.45) is 1.88. The van der Waals surface area contributed by atoms with Crippen molar-refractivity contribution in [2.45, 2.75) is 19.6 Å². The fraction of sp³-hybridized carbons (Fsp3) is 0.0968. The molecule has 6 heteroatoms. The molecule has 4 nitrogen and oxygen atoms in total. The summed E-state index contributed by atoms with van der Waals surface area (Å²) in [5, 5.41) is 0.651. The smallest absolute Gasteiger partial charge is 0.267 e. The zero-order chi connectivity index (χ0) is 25.6. The van der Waals surface area contributed by atoms with Crippen molar-refractivity contribution >= 4 is 34.6 Å². The lowest BCUT2D eigenvalue weighted by atomic mass is 10.1. The number of nitrogens with zero attached hydrogens (tertiary/aromatic N) is 2. The number of hydrogen-bond acceptors (Lipinski definition) is 4. The summed E-state index contributed by atoms with van der Waals surface area (Å²) < 4.78 is 18.9. The van der Waals surface area contributed by atoms with E-state index >= 15 is 0 Å². The fourth-order valence-corrected chi connectivity index (χ4v) is 5.03. The zero-order valence-electron chi connectivity index (χ0n) is 20.3. The number of thioether (sulfide) groups is 1. The number of benzene rings is 4. The van der Waals surface area contributed by atoms with Crippen molar-refractivity contribution in [2.75, 3.05) is 0 Å². The second kappa shape index (κ2) is 11.3. The first kappa shape index (κ1) is 24.5. The summed E-state index contributed by atoms with van der Waals surface area (Å²) in [5.74, 6) is 0.351. The molecule has 1 aliphatic heterocycles. The van der Waals surface area contributed by atoms with Gasteiger partial charge in [0.05, 0.1) is 16.6 Å². The molecule has 0 saturated carbocycles. The van der Waals surface area contributed by atoms with Gasteiger partial charge in [-0.25, -0.2) is 9.38 Å². The monoisotopic (exact) mass is 508 g/mol. The maximum Gasteiger partial charge on any atom is 0.267 e. The summed E-state index contributed by atoms with van der Waals surface area (Å²) in [6.45, 7) is 2.37. The first-order chi connectivity index (χ1) is 18.1. The Morgan fingerprint density at radius 2 is 1.54 bits per heavy atom. The van der Waals surface area contributed by atoms with E-state index in [2.05, 4.69) is 0 Å². The lowest BCUT2D eigenvalue weighted by Gasteiger charge is -2.24. The van der Waals surface area contributed by atoms with Crippen molar-refractivity contribution in [3.8, 4) is 5.75 Å². The first-order valence-electron chi connectivity index (χ1n) is 12.0. The minimum Gasteiger partial charge on any atom is -0.489 e. The van der Waals surface area contributed by atoms with Gasteiger partial charge in [0.1, 0.15) is 18.2 Å². The molecule has 0 spiro atoms. The number of aliphatic imine (C=N–C) groups is 1. The molecule has 184 valence electrons. The van der Waals surface area contributed by atoms with E-state index < -0.39 is 0 Å². The number of halogens is 1. The maximum atomic E-state index is 13.6. The molecule has 4 aromatic rings. The normalized spacial score (nSPS) is 16.4. The summed E-state index contributed by atoms with van der Waals surface area (Å²) in [4.78, 5) is 20.8. The Balaban J connectivity index is 1.37. The Hall–Kier alpha value is -4.16. The number of hydrogen-bond donors (Lipinski definition) is 0. The highest BCUT2D eigenvalue weighted by Gasteiger charge is 2.37. The van der Waals surface area contributed by atoms with Crippen molar-refractivity contribution in [2.24, 2.45) is 4.99 Å². The van der Waals surface area contributed by atoms with Gasteiger partial charge in [-0.1, -0.05) is 72.8 Å². The highest BCUT2D eigenvalue weighted by molar-refractivity contribution is 8.18. The third-order valence-corrected chi connectivity index (χ3v) is 6.97. The Morgan fingerprint density at radius 3 is 2.22 bits per heavy atom. The third kappa shape index (κ3) is 5.98. The van der Waals surface area contributed by atoms with Crippen molar-refractivity contribution in [1.82, 2.24) is 4.90 Å². The molecule has 1 saturated heterocycles. The Morgan fingerprint density at radius 1 is 0.892 bits per heavy atom. The molecule has 0 unspecified atom stereocenters. The second-order valence-electron chi connectivity index (χ2n) is 8.59. The van der Waals surface area contributed by atoms with E-state index in [1.807, 2.05) is 97.9 Å². The lowest BCUT2D eigenvalue weighted by molar-refractivity contribution is -0.123. The molecule has 0 aromatic heterocycles. The molecule has 37 heavy (non-hydrogen) atoms. The summed E-state index contributed by atoms with van der Waals surface area (Å²) in [7, 11) is 0. The van der Waals surface area contributed by atoms with Gasteiger partial charge in [0, 0.05) is 0 Å². The van der Waals surface area contributed by atoms with E-state index in [0.717, 1.165) is 22.4 Å². The van der Waals surface area contributed by atoms with Crippen LogP contribution in [0.25, 0.3) is 6.08 Å². The number of amides is 1. The van der Waals surface area contributed by atoms with Crippen LogP contribution in [-0.2, 0) is 11.4 Å². The molecule has 1 fully saturated rings. The van der Waals surface area contributed by atoms with E-state index in [9.17, 15) is 9.18 Å². The van der Waals surface area contributed by atoms with Crippen molar-refractivity contribution < 1.29 is 13.9 Å². The van der Waals surface area contributed by atoms with Crippen LogP contribution in [-0.4, -0.2) is 16.0 Å². The van der Waals surface area contributed by atoms with Gasteiger partial charge < -0.3 is 4.74 Å². The molecule has 1 aliphatic rings. The van der Waals surface area contributed by atoms with Crippen LogP contribution in [0.15, 0.2) is 119 Å². The number of ether oxygens (including phenoxy) is 1. The first-order valence-corrected chi connectivity index (χ1v) is 12.8. The molecule has 4 aromatic carbocycles. The second-order valence-corrected chi connectivity index (χ2v) is 9.60. The lowest BCUT2D eigenvalue weighted by Crippen LogP contribution is -2.32. The van der Waals surface area contributed by atoms with E-state index in [-0.39, 0.29) is 17.8 Å². The van der Waals surface area contributed by atoms with Gasteiger partial charge in [-0.3, -0.25) is 9.69 Å². The van der Waals surface area contributed by atoms with Crippen LogP contribution in [0.2, 0.25) is 0 Å². The highest BCUT2D eigenvalue weighted by atomic mass is 32.2. The van der Waals surface area contributed by atoms with E-state index in [1.165, 1.54) is 23.9 Å². The summed E-state index contributed by atoms with van der Waals surface area (Å²) in [6, 6.07) is 33.3. The van der Waals surface area contributed by atoms with E-state index in [0.29, 0.717) is 22.4 Å². The molecule has 1 amide bonds. The number of para-hydroxylation sites is 1. The Labute approximate surface area is 220 Å². The zero-order valence-corrected chi connectivity index (χ0v) is 21.1. The van der Waals surface area contributed by atoms with Gasteiger partial charge in [0.2, 0.25) is 0 Å². The molecule has 1 atom stereocenters. The predicted molar refractivity (Wildman–Crippen MR) is 148 cm³/mol. The summed E-state index contributed by atoms with van der Waals surface area (Å²) >= 11 is 1.38. The van der Waals surface area contributed by atoms with Crippen LogP contribution in [0.5, 0.6) is 5.75 Å². The SMILES string of the molecule is C[C@@H](c1ccccc1)N1C(=O)/C(=C\c2ccc(OCc3ccc(F)cc3)cc2)SC1=Nc1ccccc1. The van der Waals surface area contributed by atoms with Crippen LogP contribution >= 0.6 is 11.8 Å². The van der Waals surface area contributed by atoms with Gasteiger partial charge in [0.15, 0.2) is 5.17 Å². The van der Waals surface area contributed by atoms with Gasteiger partial charge in [-0.05, 0) is 77.9 Å². The molecule has 0 bridgehead atoms. The average molecular weight is 509 g/mol. The standard InChI is InChI=1S/C31H25FN2O2S/c1-22(25-8-4-2-5-9-25)34-30(35)29(37-31(34)33-27-10-6-3-7-11-27)20-23-14-18-28(19-15-23)36-21-24-12-16-26(32)17-13-24/h2-20,22H,21H2,1H3/b29-20+,33-31?/t22-/m0/s1. The van der Waals surface area contributed by atoms with Gasteiger partial charge in [0.25, 0.3) is 5.91 Å². The number of amidine groups is 1. The molecule has 0 radical (unpaired) electrons. The quantitative estimate of drug-likeness (QED) is 0.240. The topological polar surface area (TPSA) is 41.9 Å². The van der Waals surface area contributed by atoms with E-state index in [1.54, 1.807) is 17.0 Å². The van der Waals surface area contributed by atoms with Gasteiger partial charge >= 0.3 is 0 Å². The molecule has 0 aliphatic carbocycles. The average Bonchev–Trinajstić information content (AvgIpc) is 3.23. The minimum absolute atomic E-state index is 0.0762. The maximum absolute atomic E-state index is 13.6. The van der Waals surface area contributed by atoms with Crippen LogP contribution in [0.1, 0.15) is 29.7 Å². The van der Waals surface area contributed by atoms with Crippen molar-refractivity contribution in [3.63, 3.8) is 0 Å². The molecule has 5 rings (SSSR count). The highest BCUT2D eigenvalue weighted by Crippen LogP contribution is 2.39. The molecular formula is C31H25FN2O2S. The van der Waals surface area contributed by atoms with Crippen LogP contribution in [0, 0.1) is 5.82 Å². The molecule has 0 N–H and O–H groups in total. The predicted octanol–water partition coefficient (Wildman–Crippen LogP) is 7.77. The van der Waals surface area contributed by atoms with Crippen molar-refractivity contribution in [3.05, 3.63) is 137 Å². The number of carbonyl (C=O) groups excluding carboxylic acids is 1. The van der Waals surface area contributed by atoms with Gasteiger partial charge in [-0.15, -0.1) is 0 Å². The van der Waals surface area contributed by atoms with Gasteiger partial charge in [-0.2, -0.15) is 0 Å². The van der Waals surface area contributed by atoms with Crippen LogP contribution in [0.4, 0.5) is 10.1 Å². The number of rotatable bonds is 7. The number of carbonyl (C=O) groups is 1.